The first kappa shape index (κ1) is 24.8. The number of anilines is 1. The zero-order valence-electron chi connectivity index (χ0n) is 18.4. The number of nitrogens with zero attached hydrogens (tertiary/aromatic N) is 1. The van der Waals surface area contributed by atoms with E-state index < -0.39 is 22.5 Å². The molecule has 0 bridgehead atoms. The van der Waals surface area contributed by atoms with Crippen LogP contribution in [-0.4, -0.2) is 41.3 Å². The van der Waals surface area contributed by atoms with E-state index in [1.54, 1.807) is 19.2 Å². The van der Waals surface area contributed by atoms with Gasteiger partial charge < -0.3 is 14.8 Å². The summed E-state index contributed by atoms with van der Waals surface area (Å²) in [7, 11) is -0.762. The van der Waals surface area contributed by atoms with Gasteiger partial charge in [-0.3, -0.25) is 9.10 Å². The highest BCUT2D eigenvalue weighted by atomic mass is 35.5. The van der Waals surface area contributed by atoms with Crippen LogP contribution in [0.5, 0.6) is 11.5 Å². The normalized spacial score (nSPS) is 12.4. The van der Waals surface area contributed by atoms with Crippen LogP contribution in [0.4, 0.5) is 5.69 Å². The summed E-state index contributed by atoms with van der Waals surface area (Å²) in [5, 5.41) is 3.30. The van der Waals surface area contributed by atoms with E-state index in [2.05, 4.69) is 19.2 Å². The Balaban J connectivity index is 2.30. The van der Waals surface area contributed by atoms with E-state index in [4.69, 9.17) is 21.1 Å². The lowest BCUT2D eigenvalue weighted by molar-refractivity contribution is -0.120. The Morgan fingerprint density at radius 1 is 1.10 bits per heavy atom. The summed E-state index contributed by atoms with van der Waals surface area (Å²) < 4.78 is 36.4. The number of hydrogen-bond donors (Lipinski definition) is 1. The molecule has 0 aliphatic rings. The Labute approximate surface area is 189 Å². The summed E-state index contributed by atoms with van der Waals surface area (Å²) in [6, 6.07) is 11.8. The number of ether oxygens (including phenoxy) is 2. The molecule has 0 spiro atoms. The molecule has 1 amide bonds. The second kappa shape index (κ2) is 10.7. The van der Waals surface area contributed by atoms with E-state index in [1.165, 1.54) is 13.2 Å². The van der Waals surface area contributed by atoms with Crippen LogP contribution in [-0.2, 0) is 14.8 Å². The minimum Gasteiger partial charge on any atom is -0.497 e. The molecule has 1 atom stereocenters. The van der Waals surface area contributed by atoms with Crippen molar-refractivity contribution in [1.29, 1.82) is 0 Å². The van der Waals surface area contributed by atoms with Gasteiger partial charge in [0.15, 0.2) is 0 Å². The van der Waals surface area contributed by atoms with Crippen LogP contribution in [0.25, 0.3) is 0 Å². The van der Waals surface area contributed by atoms with Crippen LogP contribution in [0.2, 0.25) is 5.02 Å². The fourth-order valence-electron chi connectivity index (χ4n) is 3.20. The Morgan fingerprint density at radius 3 is 2.26 bits per heavy atom. The molecule has 170 valence electrons. The molecular weight excluding hydrogens is 440 g/mol. The monoisotopic (exact) mass is 468 g/mol. The third-order valence-electron chi connectivity index (χ3n) is 4.66. The van der Waals surface area contributed by atoms with Gasteiger partial charge in [0.1, 0.15) is 18.0 Å². The van der Waals surface area contributed by atoms with Crippen molar-refractivity contribution in [3.8, 4) is 11.5 Å². The van der Waals surface area contributed by atoms with Crippen molar-refractivity contribution in [2.45, 2.75) is 26.3 Å². The second-order valence-electron chi connectivity index (χ2n) is 7.61. The molecule has 0 radical (unpaired) electrons. The lowest BCUT2D eigenvalue weighted by atomic mass is 9.97. The minimum atomic E-state index is -3.78. The van der Waals surface area contributed by atoms with Gasteiger partial charge in [0.05, 0.1) is 32.2 Å². The highest BCUT2D eigenvalue weighted by Gasteiger charge is 2.26. The van der Waals surface area contributed by atoms with Crippen molar-refractivity contribution >= 4 is 33.2 Å². The maximum Gasteiger partial charge on any atom is 0.241 e. The second-order valence-corrected chi connectivity index (χ2v) is 9.95. The first-order chi connectivity index (χ1) is 14.5. The number of rotatable bonds is 10. The van der Waals surface area contributed by atoms with Crippen molar-refractivity contribution in [2.24, 2.45) is 5.92 Å². The van der Waals surface area contributed by atoms with Crippen LogP contribution >= 0.6 is 11.6 Å². The number of nitrogens with one attached hydrogen (secondary N) is 1. The van der Waals surface area contributed by atoms with E-state index in [-0.39, 0.29) is 11.7 Å². The molecule has 2 aromatic carbocycles. The van der Waals surface area contributed by atoms with Crippen LogP contribution in [0, 0.1) is 5.92 Å². The van der Waals surface area contributed by atoms with E-state index in [0.717, 1.165) is 21.9 Å². The van der Waals surface area contributed by atoms with Gasteiger partial charge >= 0.3 is 0 Å². The Morgan fingerprint density at radius 2 is 1.74 bits per heavy atom. The van der Waals surface area contributed by atoms with Gasteiger partial charge in [-0.15, -0.1) is 0 Å². The Bertz CT molecular complexity index is 993. The van der Waals surface area contributed by atoms with Crippen molar-refractivity contribution in [3.05, 3.63) is 53.1 Å². The van der Waals surface area contributed by atoms with Gasteiger partial charge in [-0.05, 0) is 48.2 Å². The average Bonchev–Trinajstić information content (AvgIpc) is 2.70. The topological polar surface area (TPSA) is 84.9 Å². The molecule has 9 heteroatoms. The van der Waals surface area contributed by atoms with Crippen molar-refractivity contribution in [1.82, 2.24) is 5.32 Å². The largest absolute Gasteiger partial charge is 0.497 e. The van der Waals surface area contributed by atoms with Gasteiger partial charge in [0, 0.05) is 5.02 Å². The molecule has 0 heterocycles. The van der Waals surface area contributed by atoms with Gasteiger partial charge in [-0.2, -0.15) is 0 Å². The summed E-state index contributed by atoms with van der Waals surface area (Å²) in [4.78, 5) is 12.9. The highest BCUT2D eigenvalue weighted by molar-refractivity contribution is 7.92. The highest BCUT2D eigenvalue weighted by Crippen LogP contribution is 2.33. The minimum absolute atomic E-state index is 0.206. The number of benzene rings is 2. The molecule has 0 aliphatic heterocycles. The zero-order valence-corrected chi connectivity index (χ0v) is 20.0. The quantitative estimate of drug-likeness (QED) is 0.569. The van der Waals surface area contributed by atoms with Crippen molar-refractivity contribution in [2.75, 3.05) is 31.3 Å². The Hall–Kier alpha value is -2.45. The molecule has 31 heavy (non-hydrogen) atoms. The fraction of sp³-hybridized carbons (Fsp3) is 0.409. The summed E-state index contributed by atoms with van der Waals surface area (Å²) in [6.07, 6.45) is 1.73. The SMILES string of the molecule is COc1ccc([C@@H](CC(C)C)NC(=O)CN(c2cc(Cl)ccc2OC)S(C)(=O)=O)cc1. The Kier molecular flexibility index (Phi) is 8.59. The maximum atomic E-state index is 12.9. The standard InChI is InChI=1S/C22H29ClN2O5S/c1-15(2)12-19(16-6-9-18(29-3)10-7-16)24-22(26)14-25(31(5,27)28)20-13-17(23)8-11-21(20)30-4/h6-11,13,15,19H,12,14H2,1-5H3,(H,24,26)/t19-/m1/s1. The van der Waals surface area contributed by atoms with Crippen LogP contribution in [0.1, 0.15) is 31.9 Å². The molecular formula is C22H29ClN2O5S. The molecule has 2 aromatic rings. The average molecular weight is 469 g/mol. The molecule has 0 aliphatic carbocycles. The molecule has 0 saturated heterocycles. The smallest absolute Gasteiger partial charge is 0.241 e. The molecule has 2 rings (SSSR count). The fourth-order valence-corrected chi connectivity index (χ4v) is 4.21. The molecule has 7 nitrogen and oxygen atoms in total. The molecule has 0 aromatic heterocycles. The predicted octanol–water partition coefficient (Wildman–Crippen LogP) is 4.03. The van der Waals surface area contributed by atoms with Crippen LogP contribution in [0.15, 0.2) is 42.5 Å². The van der Waals surface area contributed by atoms with E-state index in [9.17, 15) is 13.2 Å². The number of carbonyl (C=O) groups is 1. The number of carbonyl (C=O) groups excluding carboxylic acids is 1. The van der Waals surface area contributed by atoms with E-state index >= 15 is 0 Å². The third kappa shape index (κ3) is 7.04. The molecule has 0 unspecified atom stereocenters. The van der Waals surface area contributed by atoms with Crippen LogP contribution in [0.3, 0.4) is 0 Å². The third-order valence-corrected chi connectivity index (χ3v) is 6.02. The first-order valence-electron chi connectivity index (χ1n) is 9.79. The lowest BCUT2D eigenvalue weighted by Gasteiger charge is -2.26. The molecule has 0 fully saturated rings. The van der Waals surface area contributed by atoms with E-state index in [1.807, 2.05) is 24.3 Å². The molecule has 0 saturated carbocycles. The van der Waals surface area contributed by atoms with Gasteiger partial charge in [-0.25, -0.2) is 8.42 Å². The van der Waals surface area contributed by atoms with Crippen molar-refractivity contribution in [3.63, 3.8) is 0 Å². The van der Waals surface area contributed by atoms with E-state index in [0.29, 0.717) is 23.1 Å². The van der Waals surface area contributed by atoms with Gasteiger partial charge in [0.25, 0.3) is 0 Å². The number of methoxy groups -OCH3 is 2. The first-order valence-corrected chi connectivity index (χ1v) is 12.0. The number of hydrogen-bond acceptors (Lipinski definition) is 5. The van der Waals surface area contributed by atoms with Crippen molar-refractivity contribution < 1.29 is 22.7 Å². The lowest BCUT2D eigenvalue weighted by Crippen LogP contribution is -2.42. The summed E-state index contributed by atoms with van der Waals surface area (Å²) in [6.45, 7) is 3.71. The number of halogens is 1. The molecule has 1 N–H and O–H groups in total. The summed E-state index contributed by atoms with van der Waals surface area (Å²) >= 11 is 6.06. The predicted molar refractivity (Wildman–Crippen MR) is 124 cm³/mol. The number of sulfonamides is 1. The zero-order chi connectivity index (χ0) is 23.2. The maximum absolute atomic E-state index is 12.9. The number of amides is 1. The summed E-state index contributed by atoms with van der Waals surface area (Å²) in [5.74, 6) is 0.895. The van der Waals surface area contributed by atoms with Crippen LogP contribution < -0.4 is 19.1 Å². The van der Waals surface area contributed by atoms with Gasteiger partial charge in [0.2, 0.25) is 15.9 Å². The van der Waals surface area contributed by atoms with Gasteiger partial charge in [-0.1, -0.05) is 37.6 Å². The summed E-state index contributed by atoms with van der Waals surface area (Å²) in [5.41, 5.74) is 1.12.